The second-order valence-electron chi connectivity index (χ2n) is 7.96. The Morgan fingerprint density at radius 3 is 2.29 bits per heavy atom. The first-order valence-corrected chi connectivity index (χ1v) is 9.49. The number of carbonyl (C=O) groups excluding carboxylic acids is 1. The van der Waals surface area contributed by atoms with E-state index >= 15 is 0 Å². The zero-order valence-electron chi connectivity index (χ0n) is 18.1. The van der Waals surface area contributed by atoms with Crippen molar-refractivity contribution in [2.24, 2.45) is 0 Å². The normalized spacial score (nSPS) is 15.5. The van der Waals surface area contributed by atoms with Gasteiger partial charge in [-0.25, -0.2) is 9.53 Å². The van der Waals surface area contributed by atoms with Crippen LogP contribution in [-0.4, -0.2) is 48.5 Å². The zero-order valence-corrected chi connectivity index (χ0v) is 18.1. The third kappa shape index (κ3) is 7.76. The first-order valence-electron chi connectivity index (χ1n) is 9.49. The first-order chi connectivity index (χ1) is 13.0. The van der Waals surface area contributed by atoms with Gasteiger partial charge < -0.3 is 24.7 Å². The molecule has 0 aliphatic heterocycles. The Labute approximate surface area is 168 Å². The van der Waals surface area contributed by atoms with E-state index in [0.29, 0.717) is 6.42 Å². The molecule has 0 bridgehead atoms. The highest BCUT2D eigenvalue weighted by molar-refractivity contribution is 5.74. The maximum absolute atomic E-state index is 12.6. The van der Waals surface area contributed by atoms with Crippen molar-refractivity contribution in [2.45, 2.75) is 71.2 Å². The highest BCUT2D eigenvalue weighted by Crippen LogP contribution is 2.21. The number of hydrogen-bond acceptors (Lipinski definition) is 5. The lowest BCUT2D eigenvalue weighted by molar-refractivity contribution is -0.472. The van der Waals surface area contributed by atoms with E-state index in [2.05, 4.69) is 5.32 Å². The van der Waals surface area contributed by atoms with Crippen molar-refractivity contribution in [1.82, 2.24) is 5.32 Å². The Balaban J connectivity index is 3.04. The predicted molar refractivity (Wildman–Crippen MR) is 110 cm³/mol. The Morgan fingerprint density at radius 1 is 1.21 bits per heavy atom. The number of hydroxylamine groups is 1. The average molecular weight is 395 g/mol. The minimum absolute atomic E-state index is 0.141. The molecule has 0 aliphatic rings. The van der Waals surface area contributed by atoms with Crippen LogP contribution in [0.15, 0.2) is 24.3 Å². The molecule has 1 amide bonds. The summed E-state index contributed by atoms with van der Waals surface area (Å²) in [5, 5.41) is 15.4. The second-order valence-corrected chi connectivity index (χ2v) is 7.96. The molecule has 0 fully saturated rings. The molecule has 0 aromatic heterocycles. The molecule has 1 rings (SSSR count). The molecule has 0 spiro atoms. The van der Waals surface area contributed by atoms with Gasteiger partial charge >= 0.3 is 6.09 Å². The molecule has 158 valence electrons. The molecule has 0 aliphatic carbocycles. The van der Waals surface area contributed by atoms with Crippen molar-refractivity contribution in [1.29, 1.82) is 0 Å². The van der Waals surface area contributed by atoms with Crippen LogP contribution in [0.2, 0.25) is 0 Å². The molecule has 7 heteroatoms. The van der Waals surface area contributed by atoms with Crippen LogP contribution in [0.3, 0.4) is 0 Å². The summed E-state index contributed by atoms with van der Waals surface area (Å²) in [7, 11) is 3.17. The van der Waals surface area contributed by atoms with Crippen LogP contribution in [0.1, 0.15) is 53.0 Å². The van der Waals surface area contributed by atoms with E-state index in [4.69, 9.17) is 14.2 Å². The summed E-state index contributed by atoms with van der Waals surface area (Å²) in [6.07, 6.45) is 2.34. The van der Waals surface area contributed by atoms with Crippen molar-refractivity contribution in [3.8, 4) is 5.75 Å². The third-order valence-corrected chi connectivity index (χ3v) is 4.36. The molecular weight excluding hydrogens is 360 g/mol. The van der Waals surface area contributed by atoms with Gasteiger partial charge in [0.25, 0.3) is 0 Å². The largest absolute Gasteiger partial charge is 0.624 e. The van der Waals surface area contributed by atoms with Crippen LogP contribution in [0.5, 0.6) is 5.75 Å². The van der Waals surface area contributed by atoms with Gasteiger partial charge in [-0.15, -0.1) is 0 Å². The Morgan fingerprint density at radius 2 is 1.82 bits per heavy atom. The smallest absolute Gasteiger partial charge is 0.408 e. The third-order valence-electron chi connectivity index (χ3n) is 4.36. The monoisotopic (exact) mass is 394 g/mol. The van der Waals surface area contributed by atoms with Gasteiger partial charge in [-0.2, -0.15) is 0 Å². The fraction of sp³-hybridized carbons (Fsp3) is 0.619. The zero-order chi connectivity index (χ0) is 21.4. The Hall–Kier alpha value is -2.28. The summed E-state index contributed by atoms with van der Waals surface area (Å²) in [5.41, 5.74) is -0.546. The maximum atomic E-state index is 12.6. The first kappa shape index (κ1) is 23.8. The van der Waals surface area contributed by atoms with Gasteiger partial charge in [0.05, 0.1) is 12.7 Å². The van der Waals surface area contributed by atoms with E-state index < -0.39 is 23.3 Å². The van der Waals surface area contributed by atoms with Crippen molar-refractivity contribution in [3.63, 3.8) is 0 Å². The van der Waals surface area contributed by atoms with Crippen molar-refractivity contribution in [2.75, 3.05) is 14.2 Å². The molecule has 1 aromatic rings. The Bertz CT molecular complexity index is 652. The number of amides is 1. The lowest BCUT2D eigenvalue weighted by Crippen LogP contribution is -2.55. The van der Waals surface area contributed by atoms with Gasteiger partial charge in [0.2, 0.25) is 0 Å². The van der Waals surface area contributed by atoms with E-state index in [1.165, 1.54) is 6.21 Å². The number of methoxy groups -OCH3 is 2. The molecule has 0 saturated heterocycles. The number of ether oxygens (including phenoxy) is 3. The number of nitrogens with one attached hydrogen (secondary N) is 1. The number of hydrogen-bond donors (Lipinski definition) is 1. The molecule has 0 unspecified atom stereocenters. The summed E-state index contributed by atoms with van der Waals surface area (Å²) in [6.45, 7) is 9.40. The van der Waals surface area contributed by atoms with E-state index in [1.54, 1.807) is 47.1 Å². The van der Waals surface area contributed by atoms with Crippen LogP contribution in [0.4, 0.5) is 4.79 Å². The quantitative estimate of drug-likeness (QED) is 0.297. The highest BCUT2D eigenvalue weighted by atomic mass is 16.6. The molecular formula is C21H34N2O5. The van der Waals surface area contributed by atoms with Gasteiger partial charge in [-0.3, -0.25) is 0 Å². The number of alkyl carbamates (subject to hydrolysis) is 1. The number of benzene rings is 1. The fourth-order valence-corrected chi connectivity index (χ4v) is 2.79. The minimum atomic E-state index is -0.742. The van der Waals surface area contributed by atoms with Crippen molar-refractivity contribution < 1.29 is 23.7 Å². The second kappa shape index (κ2) is 10.3. The predicted octanol–water partition coefficient (Wildman–Crippen LogP) is 3.87. The summed E-state index contributed by atoms with van der Waals surface area (Å²) >= 11 is 0. The van der Waals surface area contributed by atoms with Crippen LogP contribution < -0.4 is 10.1 Å². The summed E-state index contributed by atoms with van der Waals surface area (Å²) in [4.78, 5) is 12.3. The SMILES string of the molecule is CCC[C@](C)(OC)[C@@H](/C=[N+](/[O-])Cc1ccc(OC)cc1)NC(=O)OC(C)(C)C. The molecule has 28 heavy (non-hydrogen) atoms. The van der Waals surface area contributed by atoms with Gasteiger partial charge in [0.1, 0.15) is 17.4 Å². The van der Waals surface area contributed by atoms with E-state index in [1.807, 2.05) is 26.0 Å². The van der Waals surface area contributed by atoms with Gasteiger partial charge in [0, 0.05) is 12.7 Å². The fourth-order valence-electron chi connectivity index (χ4n) is 2.79. The van der Waals surface area contributed by atoms with E-state index in [9.17, 15) is 10.0 Å². The lowest BCUT2D eigenvalue weighted by Gasteiger charge is -2.34. The van der Waals surface area contributed by atoms with Crippen molar-refractivity contribution in [3.05, 3.63) is 35.0 Å². The molecule has 1 N–H and O–H groups in total. The summed E-state index contributed by atoms with van der Waals surface area (Å²) in [5.74, 6) is 0.726. The van der Waals surface area contributed by atoms with Gasteiger partial charge in [-0.1, -0.05) is 13.3 Å². The molecule has 0 radical (unpaired) electrons. The Kier molecular flexibility index (Phi) is 8.75. The number of carbonyl (C=O) groups is 1. The van der Waals surface area contributed by atoms with E-state index in [0.717, 1.165) is 22.5 Å². The summed E-state index contributed by atoms with van der Waals surface area (Å²) in [6, 6.07) is 6.61. The number of rotatable bonds is 9. The minimum Gasteiger partial charge on any atom is -0.624 e. The van der Waals surface area contributed by atoms with Crippen LogP contribution in [0, 0.1) is 5.21 Å². The standard InChI is InChI=1S/C21H34N2O5/c1-8-13-21(5,27-7)18(22-19(24)28-20(2,3)4)15-23(25)14-16-9-11-17(26-6)12-10-16/h9-12,15,18H,8,13-14H2,1-7H3,(H,22,24)/b23-15+/t18-,21+/m1/s1. The van der Waals surface area contributed by atoms with Crippen molar-refractivity contribution >= 4 is 12.3 Å². The molecule has 1 aromatic carbocycles. The average Bonchev–Trinajstić information content (AvgIpc) is 2.60. The molecule has 0 heterocycles. The van der Waals surface area contributed by atoms with Gasteiger partial charge in [0.15, 0.2) is 12.8 Å². The highest BCUT2D eigenvalue weighted by Gasteiger charge is 2.37. The molecule has 0 saturated carbocycles. The molecule has 2 atom stereocenters. The topological polar surface area (TPSA) is 82.9 Å². The van der Waals surface area contributed by atoms with Gasteiger partial charge in [-0.05, 0) is 58.4 Å². The van der Waals surface area contributed by atoms with E-state index in [-0.39, 0.29) is 6.54 Å². The van der Waals surface area contributed by atoms with Crippen LogP contribution in [-0.2, 0) is 16.0 Å². The van der Waals surface area contributed by atoms with Crippen LogP contribution >= 0.6 is 0 Å². The number of nitrogens with zero attached hydrogens (tertiary/aromatic N) is 1. The molecule has 7 nitrogen and oxygen atoms in total. The summed E-state index contributed by atoms with van der Waals surface area (Å²) < 4.78 is 17.0. The lowest BCUT2D eigenvalue weighted by atomic mass is 9.91. The maximum Gasteiger partial charge on any atom is 0.408 e. The van der Waals surface area contributed by atoms with Crippen LogP contribution in [0.25, 0.3) is 0 Å².